The van der Waals surface area contributed by atoms with E-state index in [0.717, 1.165) is 11.8 Å². The summed E-state index contributed by atoms with van der Waals surface area (Å²) >= 11 is 0. The molecule has 6 atom stereocenters. The Bertz CT molecular complexity index is 784. The molecule has 108 valence electrons. The van der Waals surface area contributed by atoms with Crippen LogP contribution in [0.5, 0.6) is 0 Å². The Morgan fingerprint density at radius 3 is 2.27 bits per heavy atom. The maximum absolute atomic E-state index is 4.68. The molecule has 0 aromatic heterocycles. The molecule has 0 spiro atoms. The quantitative estimate of drug-likeness (QED) is 0.724. The van der Waals surface area contributed by atoms with Crippen molar-refractivity contribution >= 4 is 5.69 Å². The van der Waals surface area contributed by atoms with Gasteiger partial charge in [0, 0.05) is 0 Å². The zero-order valence-electron chi connectivity index (χ0n) is 12.2. The molecule has 2 aromatic rings. The summed E-state index contributed by atoms with van der Waals surface area (Å²) in [5.41, 5.74) is 4.38. The van der Waals surface area contributed by atoms with Gasteiger partial charge >= 0.3 is 0 Å². The van der Waals surface area contributed by atoms with Crippen molar-refractivity contribution in [2.75, 3.05) is 5.01 Å². The second kappa shape index (κ2) is 3.78. The van der Waals surface area contributed by atoms with E-state index >= 15 is 0 Å². The van der Waals surface area contributed by atoms with Crippen LogP contribution in [0.3, 0.4) is 0 Å². The maximum atomic E-state index is 4.68. The van der Waals surface area contributed by atoms with Gasteiger partial charge in [0.2, 0.25) is 0 Å². The van der Waals surface area contributed by atoms with Crippen molar-refractivity contribution in [3.05, 3.63) is 65.7 Å². The van der Waals surface area contributed by atoms with E-state index in [1.807, 2.05) is 0 Å². The topological polar surface area (TPSA) is 28.0 Å². The van der Waals surface area contributed by atoms with E-state index in [4.69, 9.17) is 0 Å². The molecular weight excluding hydrogens is 270 g/mol. The van der Waals surface area contributed by atoms with E-state index in [1.165, 1.54) is 12.1 Å². The summed E-state index contributed by atoms with van der Waals surface area (Å²) in [5.74, 6) is 2.91. The first-order chi connectivity index (χ1) is 10.9. The first-order valence-corrected chi connectivity index (χ1v) is 8.27. The Hall–Kier alpha value is -2.16. The van der Waals surface area contributed by atoms with E-state index in [2.05, 4.69) is 69.9 Å². The molecule has 3 heteroatoms. The minimum Gasteiger partial charge on any atom is -0.242 e. The lowest BCUT2D eigenvalue weighted by atomic mass is 9.59. The van der Waals surface area contributed by atoms with E-state index in [1.54, 1.807) is 11.1 Å². The molecule has 3 aliphatic carbocycles. The van der Waals surface area contributed by atoms with Crippen LogP contribution in [0.15, 0.2) is 64.9 Å². The van der Waals surface area contributed by atoms with E-state index < -0.39 is 0 Å². The lowest BCUT2D eigenvalue weighted by molar-refractivity contribution is 0.270. The number of nitrogens with zero attached hydrogens (tertiary/aromatic N) is 3. The molecule has 22 heavy (non-hydrogen) atoms. The summed E-state index contributed by atoms with van der Waals surface area (Å²) < 4.78 is 0. The van der Waals surface area contributed by atoms with Crippen LogP contribution in [-0.2, 0) is 0 Å². The van der Waals surface area contributed by atoms with Gasteiger partial charge in [-0.3, -0.25) is 0 Å². The number of rotatable bonds is 1. The molecular formula is C19H17N3. The lowest BCUT2D eigenvalue weighted by Gasteiger charge is -2.47. The molecule has 1 aliphatic heterocycles. The molecule has 0 amide bonds. The smallest absolute Gasteiger partial charge is 0.0991 e. The fourth-order valence-electron chi connectivity index (χ4n) is 5.68. The lowest BCUT2D eigenvalue weighted by Crippen LogP contribution is -2.47. The van der Waals surface area contributed by atoms with Gasteiger partial charge in [-0.2, -0.15) is 5.11 Å². The normalized spacial score (nSPS) is 39.4. The molecule has 2 bridgehead atoms. The third-order valence-electron chi connectivity index (χ3n) is 6.38. The highest BCUT2D eigenvalue weighted by Crippen LogP contribution is 2.69. The van der Waals surface area contributed by atoms with Gasteiger partial charge in [0.15, 0.2) is 0 Å². The number of para-hydroxylation sites is 1. The van der Waals surface area contributed by atoms with Gasteiger partial charge in [0.05, 0.1) is 17.8 Å². The molecule has 2 fully saturated rings. The van der Waals surface area contributed by atoms with Crippen molar-refractivity contribution in [1.29, 1.82) is 0 Å². The largest absolute Gasteiger partial charge is 0.242 e. The van der Waals surface area contributed by atoms with Crippen LogP contribution in [0, 0.1) is 11.8 Å². The van der Waals surface area contributed by atoms with Gasteiger partial charge in [-0.05, 0) is 53.4 Å². The summed E-state index contributed by atoms with van der Waals surface area (Å²) in [6.45, 7) is 0. The molecule has 4 aliphatic rings. The SMILES string of the molecule is c1ccc(N2N=NC3C4CC(C5c6ccccc6C45)C32)cc1. The van der Waals surface area contributed by atoms with Crippen LogP contribution in [-0.4, -0.2) is 12.1 Å². The molecule has 6 unspecified atom stereocenters. The van der Waals surface area contributed by atoms with Crippen LogP contribution in [0.25, 0.3) is 0 Å². The van der Waals surface area contributed by atoms with Crippen molar-refractivity contribution in [2.45, 2.75) is 30.3 Å². The van der Waals surface area contributed by atoms with Crippen molar-refractivity contribution in [3.63, 3.8) is 0 Å². The molecule has 6 rings (SSSR count). The number of anilines is 1. The number of hydrogen-bond donors (Lipinski definition) is 0. The van der Waals surface area contributed by atoms with Crippen LogP contribution >= 0.6 is 0 Å². The highest BCUT2D eigenvalue weighted by molar-refractivity contribution is 5.54. The second-order valence-corrected chi connectivity index (χ2v) is 7.11. The fourth-order valence-corrected chi connectivity index (χ4v) is 5.68. The number of hydrogen-bond acceptors (Lipinski definition) is 3. The first kappa shape index (κ1) is 11.4. The van der Waals surface area contributed by atoms with Gasteiger partial charge in [0.1, 0.15) is 0 Å². The first-order valence-electron chi connectivity index (χ1n) is 8.27. The van der Waals surface area contributed by atoms with Gasteiger partial charge in [-0.1, -0.05) is 47.7 Å². The summed E-state index contributed by atoms with van der Waals surface area (Å²) in [6, 6.07) is 20.5. The minimum atomic E-state index is 0.403. The predicted molar refractivity (Wildman–Crippen MR) is 84.9 cm³/mol. The monoisotopic (exact) mass is 287 g/mol. The van der Waals surface area contributed by atoms with E-state index in [9.17, 15) is 0 Å². The molecule has 2 aromatic carbocycles. The Balaban J connectivity index is 1.42. The molecule has 3 nitrogen and oxygen atoms in total. The Morgan fingerprint density at radius 2 is 1.50 bits per heavy atom. The van der Waals surface area contributed by atoms with Crippen molar-refractivity contribution in [1.82, 2.24) is 0 Å². The Labute approximate surface area is 129 Å². The predicted octanol–water partition coefficient (Wildman–Crippen LogP) is 4.14. The highest BCUT2D eigenvalue weighted by atomic mass is 15.6. The van der Waals surface area contributed by atoms with Crippen LogP contribution in [0.1, 0.15) is 29.4 Å². The van der Waals surface area contributed by atoms with Crippen molar-refractivity contribution in [2.24, 2.45) is 22.2 Å². The average molecular weight is 287 g/mol. The Morgan fingerprint density at radius 1 is 0.818 bits per heavy atom. The van der Waals surface area contributed by atoms with Crippen LogP contribution < -0.4 is 5.01 Å². The van der Waals surface area contributed by atoms with Gasteiger partial charge < -0.3 is 0 Å². The molecule has 0 saturated heterocycles. The van der Waals surface area contributed by atoms with E-state index in [0.29, 0.717) is 23.9 Å². The van der Waals surface area contributed by atoms with Crippen molar-refractivity contribution < 1.29 is 0 Å². The zero-order valence-corrected chi connectivity index (χ0v) is 12.2. The third kappa shape index (κ3) is 1.17. The standard InChI is InChI=1S/C19H17N3/c1-2-6-11(7-3-1)22-19-15-10-14(18(19)20-21-22)16-12-8-4-5-9-13(12)17(15)16/h1-9,14-19H,10H2. The summed E-state index contributed by atoms with van der Waals surface area (Å²) in [7, 11) is 0. The maximum Gasteiger partial charge on any atom is 0.0991 e. The van der Waals surface area contributed by atoms with Crippen molar-refractivity contribution in [3.8, 4) is 0 Å². The molecule has 1 heterocycles. The third-order valence-corrected chi connectivity index (χ3v) is 6.38. The van der Waals surface area contributed by atoms with Crippen LogP contribution in [0.2, 0.25) is 0 Å². The number of fused-ring (bicyclic) bond motifs is 11. The minimum absolute atomic E-state index is 0.403. The number of benzene rings is 2. The van der Waals surface area contributed by atoms with Gasteiger partial charge in [0.25, 0.3) is 0 Å². The summed E-state index contributed by atoms with van der Waals surface area (Å²) in [5, 5.41) is 11.4. The second-order valence-electron chi connectivity index (χ2n) is 7.11. The molecule has 0 N–H and O–H groups in total. The Kier molecular flexibility index (Phi) is 1.96. The molecule has 2 saturated carbocycles. The van der Waals surface area contributed by atoms with E-state index in [-0.39, 0.29) is 0 Å². The van der Waals surface area contributed by atoms with Gasteiger partial charge in [-0.25, -0.2) is 5.01 Å². The van der Waals surface area contributed by atoms with Gasteiger partial charge in [-0.15, -0.1) is 0 Å². The highest BCUT2D eigenvalue weighted by Gasteiger charge is 2.66. The van der Waals surface area contributed by atoms with Crippen LogP contribution in [0.4, 0.5) is 5.69 Å². The molecule has 0 radical (unpaired) electrons. The fraction of sp³-hybridized carbons (Fsp3) is 0.368. The summed E-state index contributed by atoms with van der Waals surface area (Å²) in [6.07, 6.45) is 1.32. The summed E-state index contributed by atoms with van der Waals surface area (Å²) in [4.78, 5) is 0. The zero-order chi connectivity index (χ0) is 14.3. The average Bonchev–Trinajstić information content (AvgIpc) is 3.21.